The summed E-state index contributed by atoms with van der Waals surface area (Å²) in [7, 11) is 1.64. The van der Waals surface area contributed by atoms with E-state index in [4.69, 9.17) is 39.5 Å². The van der Waals surface area contributed by atoms with Crippen LogP contribution >= 0.6 is 34.8 Å². The van der Waals surface area contributed by atoms with Crippen molar-refractivity contribution in [2.75, 3.05) is 12.0 Å². The van der Waals surface area contributed by atoms with Crippen LogP contribution in [0.3, 0.4) is 0 Å². The van der Waals surface area contributed by atoms with Crippen LogP contribution in [0, 0.1) is 0 Å². The van der Waals surface area contributed by atoms with Gasteiger partial charge in [0.1, 0.15) is 11.8 Å². The number of alkyl halides is 3. The van der Waals surface area contributed by atoms with Crippen LogP contribution in [0.2, 0.25) is 0 Å². The molecule has 3 aromatic rings. The quantitative estimate of drug-likeness (QED) is 0.410. The molecule has 28 heavy (non-hydrogen) atoms. The van der Waals surface area contributed by atoms with Gasteiger partial charge in [-0.3, -0.25) is 0 Å². The van der Waals surface area contributed by atoms with Gasteiger partial charge in [-0.15, -0.1) is 0 Å². The van der Waals surface area contributed by atoms with Crippen LogP contribution in [0.5, 0.6) is 5.75 Å². The molecular weight excluding hydrogens is 413 g/mol. The standard InChI is InChI=1S/C23H18Cl3NO/c1-28-19-12-7-11-18(15-19)27-21(16-8-3-2-4-9-16)14-17-10-5-6-13-20(17)22(27)23(24,25)26/h2-15,22H,1H3. The van der Waals surface area contributed by atoms with Crippen LogP contribution in [-0.4, -0.2) is 10.9 Å². The molecule has 0 N–H and O–H groups in total. The van der Waals surface area contributed by atoms with E-state index >= 15 is 0 Å². The molecule has 0 fully saturated rings. The number of rotatable bonds is 3. The van der Waals surface area contributed by atoms with Gasteiger partial charge in [0, 0.05) is 17.5 Å². The van der Waals surface area contributed by atoms with Crippen LogP contribution in [-0.2, 0) is 0 Å². The van der Waals surface area contributed by atoms with Crippen molar-refractivity contribution in [1.29, 1.82) is 0 Å². The molecule has 0 saturated carbocycles. The number of nitrogens with zero attached hydrogens (tertiary/aromatic N) is 1. The van der Waals surface area contributed by atoms with E-state index in [9.17, 15) is 0 Å². The first-order chi connectivity index (χ1) is 13.5. The predicted molar refractivity (Wildman–Crippen MR) is 119 cm³/mol. The highest BCUT2D eigenvalue weighted by atomic mass is 35.6. The fourth-order valence-corrected chi connectivity index (χ4v) is 4.23. The lowest BCUT2D eigenvalue weighted by molar-refractivity contribution is 0.415. The molecule has 1 atom stereocenters. The molecule has 0 amide bonds. The van der Waals surface area contributed by atoms with Gasteiger partial charge >= 0.3 is 0 Å². The second-order valence-corrected chi connectivity index (χ2v) is 8.91. The molecule has 2 nitrogen and oxygen atoms in total. The Hall–Kier alpha value is -2.13. The Labute approximate surface area is 179 Å². The van der Waals surface area contributed by atoms with Gasteiger partial charge in [-0.05, 0) is 34.9 Å². The molecule has 0 spiro atoms. The Bertz CT molecular complexity index is 1010. The maximum atomic E-state index is 6.54. The first-order valence-corrected chi connectivity index (χ1v) is 9.98. The molecule has 3 aromatic carbocycles. The van der Waals surface area contributed by atoms with E-state index in [1.54, 1.807) is 7.11 Å². The van der Waals surface area contributed by atoms with Crippen LogP contribution in [0.1, 0.15) is 22.7 Å². The number of hydrogen-bond acceptors (Lipinski definition) is 2. The van der Waals surface area contributed by atoms with Crippen molar-refractivity contribution >= 4 is 52.3 Å². The number of anilines is 1. The van der Waals surface area contributed by atoms with Gasteiger partial charge in [-0.25, -0.2) is 0 Å². The summed E-state index contributed by atoms with van der Waals surface area (Å²) < 4.78 is 3.88. The zero-order chi connectivity index (χ0) is 19.7. The van der Waals surface area contributed by atoms with Crippen molar-refractivity contribution in [3.63, 3.8) is 0 Å². The first kappa shape index (κ1) is 19.2. The number of methoxy groups -OCH3 is 1. The summed E-state index contributed by atoms with van der Waals surface area (Å²) in [5.74, 6) is 0.742. The summed E-state index contributed by atoms with van der Waals surface area (Å²) in [6, 6.07) is 25.4. The minimum absolute atomic E-state index is 0.499. The van der Waals surface area contributed by atoms with E-state index in [1.165, 1.54) is 0 Å². The fraction of sp³-hybridized carbons (Fsp3) is 0.130. The lowest BCUT2D eigenvalue weighted by atomic mass is 9.91. The lowest BCUT2D eigenvalue weighted by Crippen LogP contribution is -2.38. The van der Waals surface area contributed by atoms with Crippen molar-refractivity contribution in [3.05, 3.63) is 95.6 Å². The molecule has 1 aliphatic heterocycles. The summed E-state index contributed by atoms with van der Waals surface area (Å²) in [5.41, 5.74) is 4.89. The predicted octanol–water partition coefficient (Wildman–Crippen LogP) is 7.12. The summed E-state index contributed by atoms with van der Waals surface area (Å²) in [6.07, 6.45) is 2.14. The Kier molecular flexibility index (Phi) is 5.29. The van der Waals surface area contributed by atoms with Crippen molar-refractivity contribution in [2.45, 2.75) is 9.83 Å². The molecule has 1 unspecified atom stereocenters. The lowest BCUT2D eigenvalue weighted by Gasteiger charge is -2.43. The molecule has 0 bridgehead atoms. The SMILES string of the molecule is COc1cccc(N2C(c3ccccc3)=Cc3ccccc3C2C(Cl)(Cl)Cl)c1. The first-order valence-electron chi connectivity index (χ1n) is 8.85. The Morgan fingerprint density at radius 1 is 0.857 bits per heavy atom. The van der Waals surface area contributed by atoms with Crippen LogP contribution < -0.4 is 9.64 Å². The summed E-state index contributed by atoms with van der Waals surface area (Å²) in [6.45, 7) is 0. The van der Waals surface area contributed by atoms with E-state index < -0.39 is 9.83 Å². The van der Waals surface area contributed by atoms with Crippen molar-refractivity contribution in [3.8, 4) is 5.75 Å². The normalized spacial score (nSPS) is 16.4. The number of hydrogen-bond donors (Lipinski definition) is 0. The smallest absolute Gasteiger partial charge is 0.215 e. The molecule has 0 aliphatic carbocycles. The van der Waals surface area contributed by atoms with Gasteiger partial charge in [-0.2, -0.15) is 0 Å². The van der Waals surface area contributed by atoms with Crippen molar-refractivity contribution in [2.24, 2.45) is 0 Å². The zero-order valence-corrected chi connectivity index (χ0v) is 17.4. The number of halogens is 3. The number of benzene rings is 3. The topological polar surface area (TPSA) is 12.5 Å². The van der Waals surface area contributed by atoms with Gasteiger partial charge in [0.15, 0.2) is 0 Å². The van der Waals surface area contributed by atoms with Gasteiger partial charge < -0.3 is 9.64 Å². The summed E-state index contributed by atoms with van der Waals surface area (Å²) >= 11 is 19.6. The monoisotopic (exact) mass is 429 g/mol. The van der Waals surface area contributed by atoms with Gasteiger partial charge in [-0.1, -0.05) is 95.5 Å². The molecular formula is C23H18Cl3NO. The van der Waals surface area contributed by atoms with E-state index in [1.807, 2.05) is 66.7 Å². The molecule has 5 heteroatoms. The van der Waals surface area contributed by atoms with Crippen LogP contribution in [0.25, 0.3) is 11.8 Å². The highest BCUT2D eigenvalue weighted by Gasteiger charge is 2.43. The third-order valence-corrected chi connectivity index (χ3v) is 5.43. The average Bonchev–Trinajstić information content (AvgIpc) is 2.72. The number of ether oxygens (including phenoxy) is 1. The molecule has 0 aromatic heterocycles. The van der Waals surface area contributed by atoms with Gasteiger partial charge in [0.2, 0.25) is 3.79 Å². The molecule has 1 heterocycles. The summed E-state index contributed by atoms with van der Waals surface area (Å²) in [4.78, 5) is 2.08. The molecule has 0 saturated heterocycles. The minimum atomic E-state index is -1.55. The number of fused-ring (bicyclic) bond motifs is 1. The highest BCUT2D eigenvalue weighted by Crippen LogP contribution is 2.52. The maximum absolute atomic E-state index is 6.54. The van der Waals surface area contributed by atoms with Gasteiger partial charge in [0.05, 0.1) is 7.11 Å². The molecule has 142 valence electrons. The Balaban J connectivity index is 1.99. The fourth-order valence-electron chi connectivity index (χ4n) is 3.59. The molecule has 4 rings (SSSR count). The highest BCUT2D eigenvalue weighted by molar-refractivity contribution is 6.68. The average molecular weight is 431 g/mol. The van der Waals surface area contributed by atoms with E-state index in [-0.39, 0.29) is 0 Å². The Morgan fingerprint density at radius 3 is 2.29 bits per heavy atom. The minimum Gasteiger partial charge on any atom is -0.497 e. The van der Waals surface area contributed by atoms with E-state index in [2.05, 4.69) is 23.1 Å². The summed E-state index contributed by atoms with van der Waals surface area (Å²) in [5, 5.41) is 0. The van der Waals surface area contributed by atoms with Crippen molar-refractivity contribution in [1.82, 2.24) is 0 Å². The van der Waals surface area contributed by atoms with Gasteiger partial charge in [0.25, 0.3) is 0 Å². The zero-order valence-electron chi connectivity index (χ0n) is 15.1. The van der Waals surface area contributed by atoms with Crippen LogP contribution in [0.4, 0.5) is 5.69 Å². The van der Waals surface area contributed by atoms with E-state index in [0.717, 1.165) is 33.8 Å². The maximum Gasteiger partial charge on any atom is 0.215 e. The molecule has 1 aliphatic rings. The van der Waals surface area contributed by atoms with Crippen molar-refractivity contribution < 1.29 is 4.74 Å². The largest absolute Gasteiger partial charge is 0.497 e. The molecule has 0 radical (unpaired) electrons. The van der Waals surface area contributed by atoms with Crippen LogP contribution in [0.15, 0.2) is 78.9 Å². The second kappa shape index (κ2) is 7.71. The second-order valence-electron chi connectivity index (χ2n) is 6.54. The Morgan fingerprint density at radius 2 is 1.57 bits per heavy atom. The van der Waals surface area contributed by atoms with E-state index in [0.29, 0.717) is 0 Å². The third-order valence-electron chi connectivity index (χ3n) is 4.81. The third kappa shape index (κ3) is 3.60.